The van der Waals surface area contributed by atoms with Crippen LogP contribution in [0.5, 0.6) is 0 Å². The van der Waals surface area contributed by atoms with Crippen molar-refractivity contribution in [3.63, 3.8) is 0 Å². The first kappa shape index (κ1) is 10.1. The second kappa shape index (κ2) is 6.57. The smallest absolute Gasteiger partial charge is 0.230 e. The molecule has 0 heterocycles. The fraction of sp³-hybridized carbons (Fsp3) is 0.300. The van der Waals surface area contributed by atoms with Gasteiger partial charge >= 0.3 is 0 Å². The maximum Gasteiger partial charge on any atom is 0.230 e. The van der Waals surface area contributed by atoms with E-state index in [9.17, 15) is 0 Å². The Bertz CT molecular complexity index is 248. The van der Waals surface area contributed by atoms with Crippen LogP contribution in [0, 0.1) is 0 Å². The zero-order valence-electron chi connectivity index (χ0n) is 7.73. The van der Waals surface area contributed by atoms with Gasteiger partial charge in [-0.1, -0.05) is 30.3 Å². The second-order valence-electron chi connectivity index (χ2n) is 2.54. The number of rotatable bonds is 5. The van der Waals surface area contributed by atoms with Gasteiger partial charge in [0.2, 0.25) is 9.76 Å². The van der Waals surface area contributed by atoms with Crippen LogP contribution < -0.4 is 0 Å². The Kier molecular flexibility index (Phi) is 5.13. The maximum atomic E-state index is 4.95. The number of nitrogens with zero attached hydrogens (tertiary/aromatic N) is 1. The van der Waals surface area contributed by atoms with E-state index in [1.807, 2.05) is 36.5 Å². The van der Waals surface area contributed by atoms with Crippen LogP contribution in [-0.2, 0) is 4.43 Å². The van der Waals surface area contributed by atoms with Gasteiger partial charge < -0.3 is 4.43 Å². The maximum absolute atomic E-state index is 4.95. The van der Waals surface area contributed by atoms with Crippen molar-refractivity contribution in [1.29, 1.82) is 0 Å². The van der Waals surface area contributed by atoms with Gasteiger partial charge in [-0.15, -0.1) is 0 Å². The molecule has 0 aliphatic rings. The molecule has 0 aromatic heterocycles. The Morgan fingerprint density at radius 2 is 2.15 bits per heavy atom. The normalized spacial score (nSPS) is 10.8. The van der Waals surface area contributed by atoms with Gasteiger partial charge in [0.15, 0.2) is 0 Å². The summed E-state index contributed by atoms with van der Waals surface area (Å²) in [4.78, 5) is 4.28. The van der Waals surface area contributed by atoms with E-state index in [-0.39, 0.29) is 0 Å². The molecule has 2 nitrogen and oxygen atoms in total. The molecule has 0 fully saturated rings. The molecule has 1 rings (SSSR count). The summed E-state index contributed by atoms with van der Waals surface area (Å²) >= 11 is 0. The number of hydrogen-bond donors (Lipinski definition) is 0. The molecule has 0 N–H and O–H groups in total. The highest BCUT2D eigenvalue weighted by atomic mass is 28.2. The molecular weight excluding hydrogens is 178 g/mol. The van der Waals surface area contributed by atoms with E-state index >= 15 is 0 Å². The van der Waals surface area contributed by atoms with Crippen LogP contribution in [0.15, 0.2) is 35.3 Å². The van der Waals surface area contributed by atoms with Crippen LogP contribution in [-0.4, -0.2) is 29.6 Å². The standard InChI is InChI=1S/C10H13NOSi/c1-12-13-8-7-11-9-10-5-3-2-4-6-10/h2-6,9H,7-8H2,1H3. The van der Waals surface area contributed by atoms with Crippen LogP contribution in [0.3, 0.4) is 0 Å². The Hall–Kier alpha value is -0.933. The first-order chi connectivity index (χ1) is 6.43. The highest BCUT2D eigenvalue weighted by molar-refractivity contribution is 6.27. The molecule has 68 valence electrons. The summed E-state index contributed by atoms with van der Waals surface area (Å²) in [5.74, 6) is 0. The molecule has 0 aliphatic heterocycles. The third kappa shape index (κ3) is 4.60. The highest BCUT2D eigenvalue weighted by Gasteiger charge is 1.86. The average Bonchev–Trinajstić information content (AvgIpc) is 2.19. The van der Waals surface area contributed by atoms with Crippen molar-refractivity contribution in [2.24, 2.45) is 4.99 Å². The van der Waals surface area contributed by atoms with E-state index in [4.69, 9.17) is 4.43 Å². The average molecular weight is 191 g/mol. The monoisotopic (exact) mass is 191 g/mol. The quantitative estimate of drug-likeness (QED) is 0.395. The zero-order chi connectivity index (χ0) is 9.36. The van der Waals surface area contributed by atoms with Crippen molar-refractivity contribution >= 4 is 16.0 Å². The van der Waals surface area contributed by atoms with Gasteiger partial charge in [-0.2, -0.15) is 0 Å². The fourth-order valence-electron chi connectivity index (χ4n) is 0.921. The summed E-state index contributed by atoms with van der Waals surface area (Å²) in [6.07, 6.45) is 1.90. The van der Waals surface area contributed by atoms with Gasteiger partial charge in [-0.05, 0) is 11.6 Å². The van der Waals surface area contributed by atoms with Gasteiger partial charge in [0.25, 0.3) is 0 Å². The molecule has 0 saturated carbocycles. The molecule has 2 radical (unpaired) electrons. The summed E-state index contributed by atoms with van der Waals surface area (Å²) in [5, 5.41) is 0. The lowest BCUT2D eigenvalue weighted by atomic mass is 10.2. The van der Waals surface area contributed by atoms with Crippen molar-refractivity contribution in [3.8, 4) is 0 Å². The van der Waals surface area contributed by atoms with E-state index in [1.54, 1.807) is 7.11 Å². The van der Waals surface area contributed by atoms with Crippen molar-refractivity contribution in [2.75, 3.05) is 13.7 Å². The zero-order valence-corrected chi connectivity index (χ0v) is 8.73. The molecule has 0 atom stereocenters. The largest absolute Gasteiger partial charge is 0.421 e. The Balaban J connectivity index is 2.25. The van der Waals surface area contributed by atoms with Crippen molar-refractivity contribution in [2.45, 2.75) is 6.04 Å². The lowest BCUT2D eigenvalue weighted by Crippen LogP contribution is -1.94. The number of hydrogen-bond acceptors (Lipinski definition) is 2. The van der Waals surface area contributed by atoms with E-state index in [1.165, 1.54) is 0 Å². The lowest BCUT2D eigenvalue weighted by Gasteiger charge is -1.92. The molecule has 0 amide bonds. The molecule has 1 aromatic rings. The van der Waals surface area contributed by atoms with E-state index in [0.29, 0.717) is 9.76 Å². The molecule has 1 aromatic carbocycles. The van der Waals surface area contributed by atoms with Crippen LogP contribution in [0.2, 0.25) is 6.04 Å². The molecule has 0 unspecified atom stereocenters. The summed E-state index contributed by atoms with van der Waals surface area (Å²) in [5.41, 5.74) is 1.16. The molecule has 0 spiro atoms. The third-order valence-electron chi connectivity index (χ3n) is 1.53. The van der Waals surface area contributed by atoms with Crippen LogP contribution >= 0.6 is 0 Å². The minimum atomic E-state index is 0.569. The predicted octanol–water partition coefficient (Wildman–Crippen LogP) is 1.79. The highest BCUT2D eigenvalue weighted by Crippen LogP contribution is 1.94. The lowest BCUT2D eigenvalue weighted by molar-refractivity contribution is 0.441. The Morgan fingerprint density at radius 1 is 1.38 bits per heavy atom. The minimum Gasteiger partial charge on any atom is -0.421 e. The molecule has 3 heteroatoms. The number of benzene rings is 1. The summed E-state index contributed by atoms with van der Waals surface area (Å²) < 4.78 is 4.95. The van der Waals surface area contributed by atoms with Crippen molar-refractivity contribution in [1.82, 2.24) is 0 Å². The summed E-state index contributed by atoms with van der Waals surface area (Å²) in [6.45, 7) is 0.848. The van der Waals surface area contributed by atoms with Crippen LogP contribution in [0.25, 0.3) is 0 Å². The SMILES string of the molecule is CO[Si]CCN=Cc1ccccc1. The molecule has 13 heavy (non-hydrogen) atoms. The summed E-state index contributed by atoms with van der Waals surface area (Å²) in [6, 6.07) is 11.1. The van der Waals surface area contributed by atoms with Gasteiger partial charge in [-0.25, -0.2) is 0 Å². The molecular formula is C10H13NOSi. The predicted molar refractivity (Wildman–Crippen MR) is 56.5 cm³/mol. The van der Waals surface area contributed by atoms with Gasteiger partial charge in [-0.3, -0.25) is 4.99 Å². The van der Waals surface area contributed by atoms with Crippen LogP contribution in [0.1, 0.15) is 5.56 Å². The van der Waals surface area contributed by atoms with E-state index in [2.05, 4.69) is 4.99 Å². The van der Waals surface area contributed by atoms with Gasteiger partial charge in [0.1, 0.15) is 0 Å². The topological polar surface area (TPSA) is 21.6 Å². The third-order valence-corrected chi connectivity index (χ3v) is 2.24. The minimum absolute atomic E-state index is 0.569. The van der Waals surface area contributed by atoms with Crippen molar-refractivity contribution < 1.29 is 4.43 Å². The number of aliphatic imine (C=N–C) groups is 1. The molecule has 0 saturated heterocycles. The van der Waals surface area contributed by atoms with Crippen LogP contribution in [0.4, 0.5) is 0 Å². The first-order valence-electron chi connectivity index (χ1n) is 4.24. The Morgan fingerprint density at radius 3 is 2.85 bits per heavy atom. The summed E-state index contributed by atoms with van der Waals surface area (Å²) in [7, 11) is 2.29. The fourth-order valence-corrected chi connectivity index (χ4v) is 1.35. The van der Waals surface area contributed by atoms with E-state index in [0.717, 1.165) is 18.2 Å². The van der Waals surface area contributed by atoms with Crippen molar-refractivity contribution in [3.05, 3.63) is 35.9 Å². The molecule has 0 bridgehead atoms. The molecule has 0 aliphatic carbocycles. The first-order valence-corrected chi connectivity index (χ1v) is 5.36. The van der Waals surface area contributed by atoms with E-state index < -0.39 is 0 Å². The Labute approximate surface area is 81.6 Å². The van der Waals surface area contributed by atoms with Gasteiger partial charge in [0, 0.05) is 19.9 Å². The second-order valence-corrected chi connectivity index (χ2v) is 3.74. The van der Waals surface area contributed by atoms with Gasteiger partial charge in [0.05, 0.1) is 0 Å².